The molecule has 0 spiro atoms. The predicted octanol–water partition coefficient (Wildman–Crippen LogP) is 4.14. The smallest absolute Gasteiger partial charge is 0.242 e. The first kappa shape index (κ1) is 21.1. The lowest BCUT2D eigenvalue weighted by Crippen LogP contribution is -2.47. The molecule has 0 radical (unpaired) electrons. The monoisotopic (exact) mass is 406 g/mol. The maximum atomic E-state index is 15.4. The number of halogens is 1. The molecule has 28 heavy (non-hydrogen) atoms. The van der Waals surface area contributed by atoms with E-state index in [0.717, 1.165) is 32.2 Å². The molecule has 2 aliphatic rings. The van der Waals surface area contributed by atoms with Gasteiger partial charge in [-0.2, -0.15) is 0 Å². The van der Waals surface area contributed by atoms with Gasteiger partial charge in [0.2, 0.25) is 10.0 Å². The van der Waals surface area contributed by atoms with Crippen molar-refractivity contribution in [2.75, 3.05) is 11.3 Å². The average molecular weight is 407 g/mol. The average Bonchev–Trinajstić information content (AvgIpc) is 2.66. The third-order valence-electron chi connectivity index (χ3n) is 5.78. The molecule has 0 aliphatic heterocycles. The van der Waals surface area contributed by atoms with Gasteiger partial charge in [0.15, 0.2) is 5.67 Å². The summed E-state index contributed by atoms with van der Waals surface area (Å²) in [7, 11) is -3.91. The largest absolute Gasteiger partial charge is 0.314 e. The Morgan fingerprint density at radius 3 is 2.75 bits per heavy atom. The van der Waals surface area contributed by atoms with Gasteiger partial charge in [-0.25, -0.2) is 12.8 Å². The number of sulfonamides is 1. The molecule has 3 rings (SSSR count). The lowest BCUT2D eigenvalue weighted by atomic mass is 9.86. The molecule has 6 heteroatoms. The molecule has 0 aromatic heterocycles. The van der Waals surface area contributed by atoms with Crippen molar-refractivity contribution in [2.24, 2.45) is 5.92 Å². The van der Waals surface area contributed by atoms with Crippen LogP contribution < -0.4 is 10.0 Å². The molecule has 2 N–H and O–H groups in total. The minimum absolute atomic E-state index is 0.452. The number of aryl methyl sites for hydroxylation is 1. The SMILES string of the molecule is CCCN[C@H]1CCc2cc(NS(=O)(=O)[C@H]3C=CC=CC3(F)C(C)C)ccc2C1. The van der Waals surface area contributed by atoms with E-state index in [1.54, 1.807) is 32.1 Å². The van der Waals surface area contributed by atoms with Crippen LogP contribution in [0.5, 0.6) is 0 Å². The number of benzene rings is 1. The number of fused-ring (bicyclic) bond motifs is 1. The zero-order chi connectivity index (χ0) is 20.4. The molecule has 1 aromatic carbocycles. The summed E-state index contributed by atoms with van der Waals surface area (Å²) in [5, 5.41) is 2.31. The summed E-state index contributed by atoms with van der Waals surface area (Å²) in [6, 6.07) is 6.17. The molecule has 3 atom stereocenters. The van der Waals surface area contributed by atoms with E-state index < -0.39 is 26.9 Å². The second-order valence-corrected chi connectivity index (χ2v) is 9.97. The van der Waals surface area contributed by atoms with Crippen LogP contribution >= 0.6 is 0 Å². The number of alkyl halides is 1. The lowest BCUT2D eigenvalue weighted by molar-refractivity contribution is 0.164. The van der Waals surface area contributed by atoms with Gasteiger partial charge < -0.3 is 5.32 Å². The Morgan fingerprint density at radius 2 is 2.04 bits per heavy atom. The zero-order valence-electron chi connectivity index (χ0n) is 16.9. The van der Waals surface area contributed by atoms with Crippen molar-refractivity contribution in [1.82, 2.24) is 5.32 Å². The molecular weight excluding hydrogens is 375 g/mol. The van der Waals surface area contributed by atoms with Crippen LogP contribution in [0.1, 0.15) is 44.7 Å². The topological polar surface area (TPSA) is 58.2 Å². The number of anilines is 1. The van der Waals surface area contributed by atoms with Gasteiger partial charge in [0.1, 0.15) is 5.25 Å². The number of hydrogen-bond acceptors (Lipinski definition) is 3. The van der Waals surface area contributed by atoms with Crippen LogP contribution in [-0.2, 0) is 22.9 Å². The van der Waals surface area contributed by atoms with Crippen molar-refractivity contribution in [3.8, 4) is 0 Å². The second-order valence-electron chi connectivity index (χ2n) is 8.17. The van der Waals surface area contributed by atoms with Crippen molar-refractivity contribution in [3.63, 3.8) is 0 Å². The van der Waals surface area contributed by atoms with E-state index in [9.17, 15) is 8.42 Å². The summed E-state index contributed by atoms with van der Waals surface area (Å²) >= 11 is 0. The number of nitrogens with one attached hydrogen (secondary N) is 2. The molecule has 1 aromatic rings. The van der Waals surface area contributed by atoms with Gasteiger partial charge in [-0.1, -0.05) is 45.1 Å². The number of allylic oxidation sites excluding steroid dienone is 3. The van der Waals surface area contributed by atoms with Gasteiger partial charge in [-0.05, 0) is 67.5 Å². The van der Waals surface area contributed by atoms with Crippen molar-refractivity contribution in [2.45, 2.75) is 63.4 Å². The highest BCUT2D eigenvalue weighted by Crippen LogP contribution is 2.36. The molecule has 0 amide bonds. The first-order valence-corrected chi connectivity index (χ1v) is 11.7. The molecule has 0 bridgehead atoms. The Morgan fingerprint density at radius 1 is 1.25 bits per heavy atom. The molecule has 0 saturated carbocycles. The van der Waals surface area contributed by atoms with Gasteiger partial charge in [0, 0.05) is 11.7 Å². The molecular formula is C22H31FN2O2S. The van der Waals surface area contributed by atoms with Crippen LogP contribution in [0.25, 0.3) is 0 Å². The van der Waals surface area contributed by atoms with Crippen molar-refractivity contribution in [1.29, 1.82) is 0 Å². The third kappa shape index (κ3) is 4.33. The van der Waals surface area contributed by atoms with Crippen LogP contribution in [0, 0.1) is 5.92 Å². The van der Waals surface area contributed by atoms with E-state index in [1.807, 2.05) is 12.1 Å². The van der Waals surface area contributed by atoms with Gasteiger partial charge in [-0.15, -0.1) is 0 Å². The second kappa shape index (κ2) is 8.37. The highest BCUT2D eigenvalue weighted by atomic mass is 32.2. The fourth-order valence-corrected chi connectivity index (χ4v) is 5.75. The van der Waals surface area contributed by atoms with E-state index in [-0.39, 0.29) is 0 Å². The summed E-state index contributed by atoms with van der Waals surface area (Å²) in [6.07, 6.45) is 10.00. The van der Waals surface area contributed by atoms with E-state index in [2.05, 4.69) is 17.0 Å². The quantitative estimate of drug-likeness (QED) is 0.715. The summed E-state index contributed by atoms with van der Waals surface area (Å²) in [5.41, 5.74) is 1.01. The maximum Gasteiger partial charge on any atom is 0.242 e. The van der Waals surface area contributed by atoms with Crippen molar-refractivity contribution in [3.05, 3.63) is 53.6 Å². The van der Waals surface area contributed by atoms with Crippen LogP contribution in [-0.4, -0.2) is 31.9 Å². The molecule has 0 fully saturated rings. The molecule has 0 heterocycles. The minimum atomic E-state index is -3.91. The summed E-state index contributed by atoms with van der Waals surface area (Å²) in [5.74, 6) is -0.452. The minimum Gasteiger partial charge on any atom is -0.314 e. The van der Waals surface area contributed by atoms with Crippen LogP contribution in [0.3, 0.4) is 0 Å². The Bertz CT molecular complexity index is 863. The van der Waals surface area contributed by atoms with Gasteiger partial charge in [-0.3, -0.25) is 4.72 Å². The van der Waals surface area contributed by atoms with E-state index in [0.29, 0.717) is 11.7 Å². The highest BCUT2D eigenvalue weighted by molar-refractivity contribution is 7.93. The number of hydrogen-bond donors (Lipinski definition) is 2. The molecule has 0 saturated heterocycles. The fraction of sp³-hybridized carbons (Fsp3) is 0.545. The molecule has 154 valence electrons. The highest BCUT2D eigenvalue weighted by Gasteiger charge is 2.47. The Labute approximate surface area is 168 Å². The summed E-state index contributed by atoms with van der Waals surface area (Å²) in [6.45, 7) is 6.58. The van der Waals surface area contributed by atoms with Crippen LogP contribution in [0.2, 0.25) is 0 Å². The van der Waals surface area contributed by atoms with Crippen LogP contribution in [0.15, 0.2) is 42.5 Å². The summed E-state index contributed by atoms with van der Waals surface area (Å²) in [4.78, 5) is 0. The van der Waals surface area contributed by atoms with E-state index >= 15 is 4.39 Å². The van der Waals surface area contributed by atoms with Crippen molar-refractivity contribution >= 4 is 15.7 Å². The number of rotatable bonds is 7. The van der Waals surface area contributed by atoms with Gasteiger partial charge in [0.05, 0.1) is 0 Å². The van der Waals surface area contributed by atoms with E-state index in [1.165, 1.54) is 23.3 Å². The lowest BCUT2D eigenvalue weighted by Gasteiger charge is -2.34. The fourth-order valence-electron chi connectivity index (χ4n) is 4.04. The molecule has 4 nitrogen and oxygen atoms in total. The molecule has 2 aliphatic carbocycles. The first-order chi connectivity index (χ1) is 13.3. The molecule has 1 unspecified atom stereocenters. The van der Waals surface area contributed by atoms with Gasteiger partial charge >= 0.3 is 0 Å². The summed E-state index contributed by atoms with van der Waals surface area (Å²) < 4.78 is 44.0. The Hall–Kier alpha value is -1.66. The Kier molecular flexibility index (Phi) is 6.30. The Balaban J connectivity index is 1.77. The van der Waals surface area contributed by atoms with E-state index in [4.69, 9.17) is 0 Å². The normalized spacial score (nSPS) is 27.0. The predicted molar refractivity (Wildman–Crippen MR) is 114 cm³/mol. The standard InChI is InChI=1S/C22H31FN2O2S/c1-4-13-24-19-10-8-18-15-20(11-9-17(18)14-19)25-28(26,27)21-7-5-6-12-22(21,23)16(2)3/h5-7,9,11-12,15-16,19,21,24-25H,4,8,10,13-14H2,1-3H3/t19-,21-,22?/m0/s1. The van der Waals surface area contributed by atoms with Crippen LogP contribution in [0.4, 0.5) is 10.1 Å². The van der Waals surface area contributed by atoms with Gasteiger partial charge in [0.25, 0.3) is 0 Å². The first-order valence-electron chi connectivity index (χ1n) is 10.2. The maximum absolute atomic E-state index is 15.4. The van der Waals surface area contributed by atoms with Crippen molar-refractivity contribution < 1.29 is 12.8 Å². The third-order valence-corrected chi connectivity index (χ3v) is 7.49. The zero-order valence-corrected chi connectivity index (χ0v) is 17.7.